The van der Waals surface area contributed by atoms with Crippen molar-refractivity contribution in [1.82, 2.24) is 5.32 Å². The molecule has 0 aliphatic rings. The summed E-state index contributed by atoms with van der Waals surface area (Å²) in [6, 6.07) is 0. The third-order valence-electron chi connectivity index (χ3n) is 1.81. The maximum absolute atomic E-state index is 10.9. The van der Waals surface area contributed by atoms with Crippen LogP contribution in [0.4, 0.5) is 0 Å². The first-order chi connectivity index (χ1) is 4.72. The Hall–Kier alpha value is -0.370. The lowest BCUT2D eigenvalue weighted by Crippen LogP contribution is -2.17. The van der Waals surface area contributed by atoms with Crippen LogP contribution in [0.3, 0.4) is 0 Å². The third kappa shape index (κ3) is 3.62. The summed E-state index contributed by atoms with van der Waals surface area (Å²) in [7, 11) is 1.91. The summed E-state index contributed by atoms with van der Waals surface area (Å²) in [5.41, 5.74) is 0. The highest BCUT2D eigenvalue weighted by molar-refractivity contribution is 5.78. The number of carbonyl (C=O) groups is 1. The van der Waals surface area contributed by atoms with Crippen molar-refractivity contribution in [2.75, 3.05) is 13.6 Å². The predicted octanol–water partition coefficient (Wildman–Crippen LogP) is 1.21. The lowest BCUT2D eigenvalue weighted by Gasteiger charge is -2.09. The molecule has 0 saturated heterocycles. The number of Topliss-reactive ketones (excluding diaryl/α,β-unsaturated/α-hetero) is 1. The van der Waals surface area contributed by atoms with Crippen LogP contribution in [-0.4, -0.2) is 19.4 Å². The molecular formula is C8H17NO. The van der Waals surface area contributed by atoms with E-state index in [4.69, 9.17) is 0 Å². The van der Waals surface area contributed by atoms with Gasteiger partial charge in [-0.2, -0.15) is 0 Å². The van der Waals surface area contributed by atoms with Crippen molar-refractivity contribution in [3.63, 3.8) is 0 Å². The Morgan fingerprint density at radius 2 is 2.20 bits per heavy atom. The molecule has 1 unspecified atom stereocenters. The van der Waals surface area contributed by atoms with Gasteiger partial charge in [-0.15, -0.1) is 0 Å². The molecule has 0 aliphatic heterocycles. The Bertz CT molecular complexity index is 101. The van der Waals surface area contributed by atoms with Gasteiger partial charge in [0.2, 0.25) is 0 Å². The van der Waals surface area contributed by atoms with Gasteiger partial charge in [-0.1, -0.05) is 6.92 Å². The number of ketones is 1. The molecule has 1 atom stereocenters. The van der Waals surface area contributed by atoms with E-state index in [-0.39, 0.29) is 5.92 Å². The highest BCUT2D eigenvalue weighted by atomic mass is 16.1. The molecule has 0 amide bonds. The zero-order valence-electron chi connectivity index (χ0n) is 7.11. The predicted molar refractivity (Wildman–Crippen MR) is 43.0 cm³/mol. The second kappa shape index (κ2) is 5.42. The van der Waals surface area contributed by atoms with Gasteiger partial charge in [-0.3, -0.25) is 4.79 Å². The van der Waals surface area contributed by atoms with Crippen LogP contribution in [0.5, 0.6) is 0 Å². The summed E-state index contributed by atoms with van der Waals surface area (Å²) < 4.78 is 0. The molecule has 1 N–H and O–H groups in total. The normalized spacial score (nSPS) is 13.1. The van der Waals surface area contributed by atoms with E-state index in [9.17, 15) is 4.79 Å². The number of hydrogen-bond donors (Lipinski definition) is 1. The van der Waals surface area contributed by atoms with Crippen molar-refractivity contribution in [3.05, 3.63) is 0 Å². The quantitative estimate of drug-likeness (QED) is 0.626. The average molecular weight is 143 g/mol. The molecule has 0 radical (unpaired) electrons. The summed E-state index contributed by atoms with van der Waals surface area (Å²) in [4.78, 5) is 10.9. The molecule has 2 heteroatoms. The Morgan fingerprint density at radius 3 is 2.50 bits per heavy atom. The van der Waals surface area contributed by atoms with E-state index in [1.54, 1.807) is 6.92 Å². The molecule has 0 aromatic rings. The summed E-state index contributed by atoms with van der Waals surface area (Å²) in [5.74, 6) is 0.588. The van der Waals surface area contributed by atoms with Crippen LogP contribution in [-0.2, 0) is 4.79 Å². The molecular weight excluding hydrogens is 126 g/mol. The van der Waals surface area contributed by atoms with Crippen LogP contribution in [0, 0.1) is 5.92 Å². The highest BCUT2D eigenvalue weighted by Crippen LogP contribution is 2.07. The van der Waals surface area contributed by atoms with Crippen LogP contribution in [0.25, 0.3) is 0 Å². The zero-order chi connectivity index (χ0) is 7.98. The molecule has 0 saturated carbocycles. The van der Waals surface area contributed by atoms with Crippen LogP contribution in [0.15, 0.2) is 0 Å². The maximum atomic E-state index is 10.9. The monoisotopic (exact) mass is 143 g/mol. The van der Waals surface area contributed by atoms with E-state index in [1.165, 1.54) is 0 Å². The first-order valence-electron chi connectivity index (χ1n) is 3.87. The second-order valence-electron chi connectivity index (χ2n) is 2.61. The summed E-state index contributed by atoms with van der Waals surface area (Å²) >= 11 is 0. The molecule has 0 spiro atoms. The summed E-state index contributed by atoms with van der Waals surface area (Å²) in [6.45, 7) is 4.67. The Balaban J connectivity index is 3.50. The van der Waals surface area contributed by atoms with E-state index in [2.05, 4.69) is 12.2 Å². The molecule has 0 bridgehead atoms. The van der Waals surface area contributed by atoms with Crippen LogP contribution in [0.1, 0.15) is 26.7 Å². The fourth-order valence-corrected chi connectivity index (χ4v) is 1.01. The number of rotatable bonds is 5. The van der Waals surface area contributed by atoms with Gasteiger partial charge >= 0.3 is 0 Å². The Labute approximate surface area is 63.0 Å². The smallest absolute Gasteiger partial charge is 0.132 e. The van der Waals surface area contributed by atoms with Gasteiger partial charge in [-0.05, 0) is 33.4 Å². The van der Waals surface area contributed by atoms with Crippen molar-refractivity contribution in [2.45, 2.75) is 26.7 Å². The van der Waals surface area contributed by atoms with Gasteiger partial charge in [-0.25, -0.2) is 0 Å². The first kappa shape index (κ1) is 9.63. The number of hydrogen-bond acceptors (Lipinski definition) is 2. The standard InChI is InChI=1S/C8H17NO/c1-4-8(7(2)10)5-6-9-3/h8-9H,4-6H2,1-3H3. The van der Waals surface area contributed by atoms with Crippen molar-refractivity contribution < 1.29 is 4.79 Å². The molecule has 10 heavy (non-hydrogen) atoms. The van der Waals surface area contributed by atoms with Gasteiger partial charge in [0.1, 0.15) is 5.78 Å². The minimum atomic E-state index is 0.271. The number of carbonyl (C=O) groups excluding carboxylic acids is 1. The fraction of sp³-hybridized carbons (Fsp3) is 0.875. The molecule has 0 aliphatic carbocycles. The molecule has 0 aromatic heterocycles. The Kier molecular flexibility index (Phi) is 5.22. The topological polar surface area (TPSA) is 29.1 Å². The SMILES string of the molecule is CCC(CCNC)C(C)=O. The minimum Gasteiger partial charge on any atom is -0.320 e. The summed E-state index contributed by atoms with van der Waals surface area (Å²) in [6.07, 6.45) is 1.94. The second-order valence-corrected chi connectivity index (χ2v) is 2.61. The number of nitrogens with one attached hydrogen (secondary N) is 1. The maximum Gasteiger partial charge on any atom is 0.132 e. The lowest BCUT2D eigenvalue weighted by atomic mass is 9.98. The van der Waals surface area contributed by atoms with Crippen molar-refractivity contribution in [3.8, 4) is 0 Å². The van der Waals surface area contributed by atoms with E-state index in [1.807, 2.05) is 7.05 Å². The van der Waals surface area contributed by atoms with E-state index in [0.717, 1.165) is 19.4 Å². The molecule has 0 heterocycles. The largest absolute Gasteiger partial charge is 0.320 e. The molecule has 0 rings (SSSR count). The lowest BCUT2D eigenvalue weighted by molar-refractivity contribution is -0.120. The van der Waals surface area contributed by atoms with Crippen LogP contribution >= 0.6 is 0 Å². The Morgan fingerprint density at radius 1 is 1.60 bits per heavy atom. The third-order valence-corrected chi connectivity index (χ3v) is 1.81. The van der Waals surface area contributed by atoms with Crippen molar-refractivity contribution in [1.29, 1.82) is 0 Å². The first-order valence-corrected chi connectivity index (χ1v) is 3.87. The van der Waals surface area contributed by atoms with Crippen LogP contribution in [0.2, 0.25) is 0 Å². The van der Waals surface area contributed by atoms with Gasteiger partial charge in [0.05, 0.1) is 0 Å². The van der Waals surface area contributed by atoms with Gasteiger partial charge in [0.15, 0.2) is 0 Å². The highest BCUT2D eigenvalue weighted by Gasteiger charge is 2.09. The van der Waals surface area contributed by atoms with E-state index in [0.29, 0.717) is 5.78 Å². The van der Waals surface area contributed by atoms with Crippen molar-refractivity contribution >= 4 is 5.78 Å². The van der Waals surface area contributed by atoms with Gasteiger partial charge < -0.3 is 5.32 Å². The van der Waals surface area contributed by atoms with Gasteiger partial charge in [0, 0.05) is 5.92 Å². The zero-order valence-corrected chi connectivity index (χ0v) is 7.11. The van der Waals surface area contributed by atoms with E-state index < -0.39 is 0 Å². The summed E-state index contributed by atoms with van der Waals surface area (Å²) in [5, 5.41) is 3.04. The molecule has 2 nitrogen and oxygen atoms in total. The average Bonchev–Trinajstić information content (AvgIpc) is 1.89. The molecule has 0 aromatic carbocycles. The molecule has 60 valence electrons. The molecule has 0 fully saturated rings. The minimum absolute atomic E-state index is 0.271. The van der Waals surface area contributed by atoms with Gasteiger partial charge in [0.25, 0.3) is 0 Å². The van der Waals surface area contributed by atoms with E-state index >= 15 is 0 Å². The van der Waals surface area contributed by atoms with Crippen LogP contribution < -0.4 is 5.32 Å². The fourth-order valence-electron chi connectivity index (χ4n) is 1.01. The van der Waals surface area contributed by atoms with Crippen molar-refractivity contribution in [2.24, 2.45) is 5.92 Å².